The zero-order valence-corrected chi connectivity index (χ0v) is 15.7. The van der Waals surface area contributed by atoms with Crippen LogP contribution in [0.2, 0.25) is 0 Å². The van der Waals surface area contributed by atoms with Crippen LogP contribution in [0, 0.1) is 11.7 Å². The van der Waals surface area contributed by atoms with Crippen LogP contribution in [0.1, 0.15) is 31.0 Å². The molecule has 0 amide bonds. The number of aromatic nitrogens is 4. The molecular weight excluding hydrogens is 359 g/mol. The zero-order chi connectivity index (χ0) is 19.8. The van der Waals surface area contributed by atoms with Gasteiger partial charge in [-0.15, -0.1) is 5.10 Å². The summed E-state index contributed by atoms with van der Waals surface area (Å²) in [4.78, 5) is 11.4. The molecule has 28 heavy (non-hydrogen) atoms. The van der Waals surface area contributed by atoms with Gasteiger partial charge in [0.2, 0.25) is 0 Å². The van der Waals surface area contributed by atoms with Gasteiger partial charge in [-0.3, -0.25) is 5.10 Å². The monoisotopic (exact) mass is 380 g/mol. The lowest BCUT2D eigenvalue weighted by atomic mass is 9.94. The minimum atomic E-state index is -0.488. The van der Waals surface area contributed by atoms with Gasteiger partial charge in [-0.1, -0.05) is 19.1 Å². The normalized spacial score (nSPS) is 12.9. The van der Waals surface area contributed by atoms with E-state index in [4.69, 9.17) is 0 Å². The second-order valence-corrected chi connectivity index (χ2v) is 7.31. The van der Waals surface area contributed by atoms with Crippen molar-refractivity contribution in [3.05, 3.63) is 53.5 Å². The van der Waals surface area contributed by atoms with E-state index in [1.807, 2.05) is 12.1 Å². The number of aliphatic hydroxyl groups excluding tert-OH is 1. The van der Waals surface area contributed by atoms with Crippen molar-refractivity contribution in [1.29, 1.82) is 0 Å². The van der Waals surface area contributed by atoms with Crippen LogP contribution >= 0.6 is 0 Å². The van der Waals surface area contributed by atoms with Gasteiger partial charge in [0.1, 0.15) is 17.6 Å². The smallest absolute Gasteiger partial charge is 0.125 e. The molecule has 0 aliphatic rings. The van der Waals surface area contributed by atoms with Gasteiger partial charge in [0, 0.05) is 22.7 Å². The average molecular weight is 380 g/mol. The molecule has 2 heterocycles. The first-order chi connectivity index (χ1) is 13.5. The maximum Gasteiger partial charge on any atom is 0.125 e. The van der Waals surface area contributed by atoms with Crippen LogP contribution in [0.5, 0.6) is 0 Å². The summed E-state index contributed by atoms with van der Waals surface area (Å²) in [5, 5.41) is 21.4. The van der Waals surface area contributed by atoms with Crippen molar-refractivity contribution >= 4 is 28.2 Å². The van der Waals surface area contributed by atoms with E-state index in [2.05, 4.69) is 33.8 Å². The maximum absolute atomic E-state index is 13.5. The summed E-state index contributed by atoms with van der Waals surface area (Å²) in [6, 6.07) is 10.3. The quantitative estimate of drug-likeness (QED) is 0.502. The SMILES string of the molecule is CC(C)c1c(CC(C=O)CO)c2cc3nn[nH]c3cc2n1-c1ccc(F)cc1. The summed E-state index contributed by atoms with van der Waals surface area (Å²) in [6.45, 7) is 3.95. The molecule has 7 heteroatoms. The minimum Gasteiger partial charge on any atom is -0.396 e. The molecule has 4 aromatic rings. The zero-order valence-electron chi connectivity index (χ0n) is 15.7. The number of fused-ring (bicyclic) bond motifs is 2. The third-order valence-electron chi connectivity index (χ3n) is 5.08. The summed E-state index contributed by atoms with van der Waals surface area (Å²) in [7, 11) is 0. The molecule has 4 rings (SSSR count). The molecule has 2 N–H and O–H groups in total. The van der Waals surface area contributed by atoms with Gasteiger partial charge in [0.05, 0.1) is 17.6 Å². The van der Waals surface area contributed by atoms with Crippen molar-refractivity contribution in [2.24, 2.45) is 5.92 Å². The fourth-order valence-electron chi connectivity index (χ4n) is 3.82. The van der Waals surface area contributed by atoms with Crippen LogP contribution in [-0.2, 0) is 11.2 Å². The highest BCUT2D eigenvalue weighted by Gasteiger charge is 2.24. The lowest BCUT2D eigenvalue weighted by Crippen LogP contribution is -2.13. The fraction of sp³-hybridized carbons (Fsp3) is 0.286. The number of aldehydes is 1. The minimum absolute atomic E-state index is 0.142. The van der Waals surface area contributed by atoms with E-state index in [-0.39, 0.29) is 18.3 Å². The molecule has 6 nitrogen and oxygen atoms in total. The van der Waals surface area contributed by atoms with Crippen molar-refractivity contribution in [3.8, 4) is 5.69 Å². The first-order valence-corrected chi connectivity index (χ1v) is 9.23. The number of carbonyl (C=O) groups is 1. The largest absolute Gasteiger partial charge is 0.396 e. The van der Waals surface area contributed by atoms with Gasteiger partial charge in [-0.25, -0.2) is 4.39 Å². The van der Waals surface area contributed by atoms with Crippen LogP contribution in [0.15, 0.2) is 36.4 Å². The third-order valence-corrected chi connectivity index (χ3v) is 5.08. The highest BCUT2D eigenvalue weighted by Crippen LogP contribution is 2.37. The summed E-state index contributed by atoms with van der Waals surface area (Å²) >= 11 is 0. The molecule has 144 valence electrons. The Balaban J connectivity index is 2.08. The van der Waals surface area contributed by atoms with Crippen LogP contribution in [0.3, 0.4) is 0 Å². The molecule has 1 unspecified atom stereocenters. The molecule has 0 saturated carbocycles. The number of H-pyrrole nitrogens is 1. The lowest BCUT2D eigenvalue weighted by Gasteiger charge is -2.16. The van der Waals surface area contributed by atoms with Gasteiger partial charge in [0.15, 0.2) is 0 Å². The van der Waals surface area contributed by atoms with Crippen molar-refractivity contribution in [1.82, 2.24) is 20.0 Å². The van der Waals surface area contributed by atoms with Crippen LogP contribution in [0.4, 0.5) is 4.39 Å². The fourth-order valence-corrected chi connectivity index (χ4v) is 3.82. The number of nitrogens with one attached hydrogen (secondary N) is 1. The van der Waals surface area contributed by atoms with Crippen LogP contribution in [-0.4, -0.2) is 38.0 Å². The van der Waals surface area contributed by atoms with E-state index < -0.39 is 5.92 Å². The third kappa shape index (κ3) is 2.97. The number of hydrogen-bond acceptors (Lipinski definition) is 4. The molecule has 2 aromatic carbocycles. The molecule has 0 saturated heterocycles. The number of rotatable bonds is 6. The number of halogens is 1. The summed E-state index contributed by atoms with van der Waals surface area (Å²) in [5.41, 5.74) is 5.30. The predicted molar refractivity (Wildman–Crippen MR) is 105 cm³/mol. The Morgan fingerprint density at radius 3 is 2.64 bits per heavy atom. The number of nitrogens with zero attached hydrogens (tertiary/aromatic N) is 3. The summed E-state index contributed by atoms with van der Waals surface area (Å²) < 4.78 is 15.6. The molecule has 0 aliphatic heterocycles. The molecule has 1 atom stereocenters. The lowest BCUT2D eigenvalue weighted by molar-refractivity contribution is -0.112. The van der Waals surface area contributed by atoms with E-state index in [9.17, 15) is 14.3 Å². The average Bonchev–Trinajstić information content (AvgIpc) is 3.27. The van der Waals surface area contributed by atoms with Crippen LogP contribution in [0.25, 0.3) is 27.6 Å². The molecule has 0 aliphatic carbocycles. The number of carbonyl (C=O) groups excluding carboxylic acids is 1. The van der Waals surface area contributed by atoms with Crippen molar-refractivity contribution in [2.75, 3.05) is 6.61 Å². The molecular formula is C21H21FN4O2. The van der Waals surface area contributed by atoms with Crippen LogP contribution < -0.4 is 0 Å². The molecule has 0 radical (unpaired) electrons. The maximum atomic E-state index is 13.5. The highest BCUT2D eigenvalue weighted by molar-refractivity contribution is 5.97. The van der Waals surface area contributed by atoms with Gasteiger partial charge in [-0.05, 0) is 54.3 Å². The van der Waals surface area contributed by atoms with Crippen molar-refractivity contribution < 1.29 is 14.3 Å². The summed E-state index contributed by atoms with van der Waals surface area (Å²) in [5.74, 6) is -0.645. The number of aliphatic hydroxyl groups is 1. The predicted octanol–water partition coefficient (Wildman–Crippen LogP) is 3.51. The summed E-state index contributed by atoms with van der Waals surface area (Å²) in [6.07, 6.45) is 1.21. The Kier molecular flexibility index (Phi) is 4.68. The molecule has 2 aromatic heterocycles. The molecule has 0 spiro atoms. The van der Waals surface area contributed by atoms with Gasteiger partial charge >= 0.3 is 0 Å². The first kappa shape index (κ1) is 18.3. The standard InChI is InChI=1S/C21H21FN4O2/c1-12(2)21-17(7-13(10-27)11-28)16-8-18-19(24-25-23-18)9-20(16)26(21)15-5-3-14(22)4-6-15/h3-6,8-10,12-13,28H,7,11H2,1-2H3,(H,23,24,25). The van der Waals surface area contributed by atoms with E-state index in [1.165, 1.54) is 12.1 Å². The Bertz CT molecular complexity index is 1140. The topological polar surface area (TPSA) is 83.8 Å². The molecule has 0 bridgehead atoms. The highest BCUT2D eigenvalue weighted by atomic mass is 19.1. The Hall–Kier alpha value is -3.06. The number of hydrogen-bond donors (Lipinski definition) is 2. The van der Waals surface area contributed by atoms with Gasteiger partial charge in [0.25, 0.3) is 0 Å². The number of aromatic amines is 1. The van der Waals surface area contributed by atoms with E-state index in [1.54, 1.807) is 12.1 Å². The molecule has 0 fully saturated rings. The first-order valence-electron chi connectivity index (χ1n) is 9.23. The van der Waals surface area contributed by atoms with Crippen molar-refractivity contribution in [2.45, 2.75) is 26.2 Å². The second-order valence-electron chi connectivity index (χ2n) is 7.31. The van der Waals surface area contributed by atoms with E-state index >= 15 is 0 Å². The van der Waals surface area contributed by atoms with Gasteiger partial charge in [-0.2, -0.15) is 0 Å². The number of benzene rings is 2. The second kappa shape index (κ2) is 7.16. The van der Waals surface area contributed by atoms with E-state index in [0.717, 1.165) is 45.2 Å². The van der Waals surface area contributed by atoms with E-state index in [0.29, 0.717) is 6.42 Å². The Morgan fingerprint density at radius 1 is 1.25 bits per heavy atom. The Morgan fingerprint density at radius 2 is 2.00 bits per heavy atom. The van der Waals surface area contributed by atoms with Crippen molar-refractivity contribution in [3.63, 3.8) is 0 Å². The Labute approximate surface area is 161 Å². The van der Waals surface area contributed by atoms with Gasteiger partial charge < -0.3 is 14.5 Å².